The summed E-state index contributed by atoms with van der Waals surface area (Å²) < 4.78 is 26.7. The average molecular weight is 715 g/mol. The molecule has 1 aliphatic heterocycles. The summed E-state index contributed by atoms with van der Waals surface area (Å²) in [6, 6.07) is 12.0. The van der Waals surface area contributed by atoms with Crippen LogP contribution in [0.15, 0.2) is 53.5 Å². The lowest BCUT2D eigenvalue weighted by molar-refractivity contribution is -0.201. The van der Waals surface area contributed by atoms with E-state index in [0.29, 0.717) is 0 Å². The van der Waals surface area contributed by atoms with Crippen molar-refractivity contribution >= 4 is 30.2 Å². The minimum Gasteiger partial charge on any atom is -0.467 e. The first-order chi connectivity index (χ1) is 23.9. The first-order valence-corrected chi connectivity index (χ1v) is 16.3. The Kier molecular flexibility index (Phi) is 12.3. The Hall–Kier alpha value is -4.77. The molecule has 2 aromatic rings. The highest BCUT2D eigenvalue weighted by atomic mass is 16.6. The molecule has 0 radical (unpaired) electrons. The molecule has 16 nitrogen and oxygen atoms in total. The van der Waals surface area contributed by atoms with Crippen molar-refractivity contribution in [3.05, 3.63) is 59.7 Å². The summed E-state index contributed by atoms with van der Waals surface area (Å²) in [6.45, 7) is 8.69. The maximum atomic E-state index is 13.2. The van der Waals surface area contributed by atoms with Crippen molar-refractivity contribution in [3.8, 4) is 11.1 Å². The number of nitrogens with zero attached hydrogens (tertiary/aromatic N) is 1. The molecule has 3 amide bonds. The fourth-order valence-corrected chi connectivity index (χ4v) is 5.77. The average Bonchev–Trinajstić information content (AvgIpc) is 3.36. The molecule has 278 valence electrons. The van der Waals surface area contributed by atoms with Gasteiger partial charge in [0.15, 0.2) is 6.04 Å². The molecule has 0 unspecified atom stereocenters. The predicted octanol–water partition coefficient (Wildman–Crippen LogP) is 2.32. The van der Waals surface area contributed by atoms with E-state index in [1.165, 1.54) is 0 Å². The highest BCUT2D eigenvalue weighted by Gasteiger charge is 2.50. The standard InChI is InChI=1S/C35H46N4O12/c1-34(2,3)50-32(45)38-30(39-33(46)51-35(4,5)6)36-24-26(41)23(16-40)49-28(27(24)42)25(29(43)47-7)37-31(44)48-17-22-20-14-10-8-12-18(20)19-13-9-11-15-21(19)22/h8-15,22-28,40-42H,16-17H2,1-7H3,(H,37,44)(H2,36,38,39,45,46)/t23-,24-,25+,26-,27-,28+/m1/s1. The van der Waals surface area contributed by atoms with Gasteiger partial charge in [0.05, 0.1) is 13.7 Å². The molecular formula is C35H46N4O12. The van der Waals surface area contributed by atoms with Gasteiger partial charge in [0.2, 0.25) is 5.96 Å². The zero-order valence-corrected chi connectivity index (χ0v) is 29.5. The van der Waals surface area contributed by atoms with Gasteiger partial charge in [0, 0.05) is 5.92 Å². The van der Waals surface area contributed by atoms with Gasteiger partial charge in [0.1, 0.15) is 48.3 Å². The number of fused-ring (bicyclic) bond motifs is 3. The molecule has 2 aromatic carbocycles. The molecule has 1 aliphatic carbocycles. The number of carbonyl (C=O) groups is 4. The van der Waals surface area contributed by atoms with E-state index < -0.39 is 84.5 Å². The summed E-state index contributed by atoms with van der Waals surface area (Å²) in [4.78, 5) is 55.8. The summed E-state index contributed by atoms with van der Waals surface area (Å²) >= 11 is 0. The van der Waals surface area contributed by atoms with E-state index in [0.717, 1.165) is 29.4 Å². The molecular weight excluding hydrogens is 668 g/mol. The number of aliphatic hydroxyl groups excluding tert-OH is 3. The number of amides is 3. The topological polar surface area (TPSA) is 224 Å². The van der Waals surface area contributed by atoms with Crippen LogP contribution in [0.5, 0.6) is 0 Å². The number of benzene rings is 2. The molecule has 1 saturated heterocycles. The lowest BCUT2D eigenvalue weighted by Crippen LogP contribution is -2.66. The largest absolute Gasteiger partial charge is 0.467 e. The van der Waals surface area contributed by atoms with E-state index >= 15 is 0 Å². The highest BCUT2D eigenvalue weighted by molar-refractivity contribution is 6.01. The Bertz CT molecular complexity index is 1540. The normalized spacial score (nSPS) is 22.0. The zero-order chi connectivity index (χ0) is 37.7. The number of hydrogen-bond acceptors (Lipinski definition) is 13. The van der Waals surface area contributed by atoms with Crippen LogP contribution in [0.1, 0.15) is 58.6 Å². The van der Waals surface area contributed by atoms with Crippen LogP contribution in [-0.4, -0.2) is 114 Å². The van der Waals surface area contributed by atoms with Gasteiger partial charge in [-0.2, -0.15) is 0 Å². The number of rotatable bonds is 7. The van der Waals surface area contributed by atoms with E-state index in [9.17, 15) is 34.5 Å². The van der Waals surface area contributed by atoms with Crippen LogP contribution in [0.25, 0.3) is 11.1 Å². The second kappa shape index (κ2) is 16.1. The number of esters is 1. The van der Waals surface area contributed by atoms with Crippen LogP contribution in [0.3, 0.4) is 0 Å². The highest BCUT2D eigenvalue weighted by Crippen LogP contribution is 2.44. The van der Waals surface area contributed by atoms with E-state index in [4.69, 9.17) is 23.7 Å². The van der Waals surface area contributed by atoms with Crippen molar-refractivity contribution in [3.63, 3.8) is 0 Å². The van der Waals surface area contributed by atoms with Gasteiger partial charge in [-0.05, 0) is 63.8 Å². The van der Waals surface area contributed by atoms with Crippen molar-refractivity contribution in [1.82, 2.24) is 16.0 Å². The number of alkyl carbamates (subject to hydrolysis) is 3. The molecule has 0 bridgehead atoms. The Morgan fingerprint density at radius 3 is 1.80 bits per heavy atom. The third-order valence-corrected chi connectivity index (χ3v) is 7.85. The molecule has 2 aliphatic rings. The van der Waals surface area contributed by atoms with Gasteiger partial charge >= 0.3 is 24.2 Å². The Balaban J connectivity index is 1.58. The number of carbonyl (C=O) groups excluding carboxylic acids is 4. The number of guanidine groups is 1. The second-order valence-electron chi connectivity index (χ2n) is 14.0. The third kappa shape index (κ3) is 9.94. The SMILES string of the molecule is COC(=O)[C@@H](NC(=O)OCC1c2ccccc2-c2ccccc21)[C@@H]1O[C@H](CO)[C@@H](O)[C@@H](N=C(NC(=O)OC(C)(C)C)NC(=O)OC(C)(C)C)[C@H]1O. The predicted molar refractivity (Wildman–Crippen MR) is 182 cm³/mol. The molecule has 16 heteroatoms. The van der Waals surface area contributed by atoms with Crippen molar-refractivity contribution in [2.45, 2.75) is 95.2 Å². The van der Waals surface area contributed by atoms with E-state index in [2.05, 4.69) is 20.9 Å². The number of aliphatic hydroxyl groups is 3. The second-order valence-corrected chi connectivity index (χ2v) is 14.0. The molecule has 0 saturated carbocycles. The van der Waals surface area contributed by atoms with E-state index in [1.54, 1.807) is 41.5 Å². The van der Waals surface area contributed by atoms with Gasteiger partial charge in [-0.1, -0.05) is 48.5 Å². The van der Waals surface area contributed by atoms with Crippen LogP contribution < -0.4 is 16.0 Å². The Morgan fingerprint density at radius 1 is 0.824 bits per heavy atom. The van der Waals surface area contributed by atoms with Crippen LogP contribution in [0, 0.1) is 0 Å². The number of aliphatic imine (C=N–C) groups is 1. The zero-order valence-electron chi connectivity index (χ0n) is 29.5. The molecule has 51 heavy (non-hydrogen) atoms. The van der Waals surface area contributed by atoms with Crippen LogP contribution in [0.4, 0.5) is 14.4 Å². The fraction of sp³-hybridized carbons (Fsp3) is 0.514. The van der Waals surface area contributed by atoms with Crippen LogP contribution in [-0.2, 0) is 28.5 Å². The quantitative estimate of drug-likeness (QED) is 0.105. The maximum Gasteiger partial charge on any atom is 0.414 e. The van der Waals surface area contributed by atoms with Crippen molar-refractivity contribution < 1.29 is 58.2 Å². The minimum atomic E-state index is -1.91. The summed E-state index contributed by atoms with van der Waals surface area (Å²) in [5, 5.41) is 39.5. The van der Waals surface area contributed by atoms with Crippen LogP contribution >= 0.6 is 0 Å². The van der Waals surface area contributed by atoms with E-state index in [-0.39, 0.29) is 12.5 Å². The molecule has 6 N–H and O–H groups in total. The van der Waals surface area contributed by atoms with Crippen LogP contribution in [0.2, 0.25) is 0 Å². The molecule has 1 fully saturated rings. The fourth-order valence-electron chi connectivity index (χ4n) is 5.77. The molecule has 0 spiro atoms. The Morgan fingerprint density at radius 2 is 1.33 bits per heavy atom. The summed E-state index contributed by atoms with van der Waals surface area (Å²) in [5.41, 5.74) is 2.02. The number of hydrogen-bond donors (Lipinski definition) is 6. The summed E-state index contributed by atoms with van der Waals surface area (Å²) in [5.74, 6) is -1.95. The van der Waals surface area contributed by atoms with Gasteiger partial charge in [-0.3, -0.25) is 10.6 Å². The van der Waals surface area contributed by atoms with Gasteiger partial charge in [-0.15, -0.1) is 0 Å². The summed E-state index contributed by atoms with van der Waals surface area (Å²) in [6.07, 6.45) is -9.94. The first-order valence-electron chi connectivity index (χ1n) is 16.3. The molecule has 4 rings (SSSR count). The lowest BCUT2D eigenvalue weighted by atomic mass is 9.89. The number of ether oxygens (including phenoxy) is 5. The number of methoxy groups -OCH3 is 1. The third-order valence-electron chi connectivity index (χ3n) is 7.85. The first kappa shape index (κ1) is 39.0. The molecule has 1 heterocycles. The Labute approximate surface area is 295 Å². The maximum absolute atomic E-state index is 13.2. The van der Waals surface area contributed by atoms with Gasteiger partial charge < -0.3 is 44.3 Å². The minimum absolute atomic E-state index is 0.0945. The molecule has 0 aromatic heterocycles. The summed E-state index contributed by atoms with van der Waals surface area (Å²) in [7, 11) is 1.05. The van der Waals surface area contributed by atoms with Crippen molar-refractivity contribution in [1.29, 1.82) is 0 Å². The van der Waals surface area contributed by atoms with Crippen molar-refractivity contribution in [2.24, 2.45) is 4.99 Å². The van der Waals surface area contributed by atoms with E-state index in [1.807, 2.05) is 48.5 Å². The monoisotopic (exact) mass is 714 g/mol. The van der Waals surface area contributed by atoms with Gasteiger partial charge in [-0.25, -0.2) is 24.2 Å². The number of nitrogens with one attached hydrogen (secondary N) is 3. The molecule has 6 atom stereocenters. The van der Waals surface area contributed by atoms with Crippen molar-refractivity contribution in [2.75, 3.05) is 20.3 Å². The lowest BCUT2D eigenvalue weighted by Gasteiger charge is -2.42. The smallest absolute Gasteiger partial charge is 0.414 e. The van der Waals surface area contributed by atoms with Gasteiger partial charge in [0.25, 0.3) is 0 Å².